The summed E-state index contributed by atoms with van der Waals surface area (Å²) >= 11 is 5.98. The number of rotatable bonds is 5. The summed E-state index contributed by atoms with van der Waals surface area (Å²) in [6.07, 6.45) is 1.65. The number of hydrogen-bond acceptors (Lipinski definition) is 5. The molecule has 0 fully saturated rings. The minimum Gasteiger partial charge on any atom is -0.482 e. The highest BCUT2D eigenvalue weighted by atomic mass is 35.5. The molecule has 5 nitrogen and oxygen atoms in total. The molecule has 2 aromatic rings. The summed E-state index contributed by atoms with van der Waals surface area (Å²) in [4.78, 5) is 24.0. The van der Waals surface area contributed by atoms with E-state index in [2.05, 4.69) is 0 Å². The van der Waals surface area contributed by atoms with Gasteiger partial charge in [0.2, 0.25) is 5.78 Å². The van der Waals surface area contributed by atoms with Gasteiger partial charge in [0, 0.05) is 11.1 Å². The number of hydrogen-bond donors (Lipinski definition) is 0. The van der Waals surface area contributed by atoms with Crippen molar-refractivity contribution in [2.75, 3.05) is 13.2 Å². The van der Waals surface area contributed by atoms with Crippen LogP contribution in [0.5, 0.6) is 11.5 Å². The summed E-state index contributed by atoms with van der Waals surface area (Å²) in [6.45, 7) is 3.61. The van der Waals surface area contributed by atoms with Crippen molar-refractivity contribution in [2.24, 2.45) is 0 Å². The zero-order valence-corrected chi connectivity index (χ0v) is 15.1. The van der Waals surface area contributed by atoms with Crippen LogP contribution >= 0.6 is 11.6 Å². The molecule has 0 unspecified atom stereocenters. The Morgan fingerprint density at radius 2 is 2.08 bits per heavy atom. The smallest absolute Gasteiger partial charge is 0.344 e. The summed E-state index contributed by atoms with van der Waals surface area (Å²) in [6, 6.07) is 10.4. The monoisotopic (exact) mass is 372 g/mol. The van der Waals surface area contributed by atoms with Crippen LogP contribution in [0, 0.1) is 6.92 Å². The number of halogens is 1. The first-order valence-corrected chi connectivity index (χ1v) is 8.48. The summed E-state index contributed by atoms with van der Waals surface area (Å²) in [5, 5.41) is 0.577. The Morgan fingerprint density at radius 1 is 1.27 bits per heavy atom. The summed E-state index contributed by atoms with van der Waals surface area (Å²) in [7, 11) is 0. The first-order chi connectivity index (χ1) is 12.5. The van der Waals surface area contributed by atoms with Crippen molar-refractivity contribution in [3.8, 4) is 11.5 Å². The number of ether oxygens (including phenoxy) is 3. The maximum Gasteiger partial charge on any atom is 0.344 e. The quantitative estimate of drug-likeness (QED) is 0.581. The number of esters is 1. The molecule has 0 aliphatic carbocycles. The molecule has 1 aliphatic rings. The van der Waals surface area contributed by atoms with Crippen molar-refractivity contribution < 1.29 is 23.8 Å². The minimum atomic E-state index is -0.454. The summed E-state index contributed by atoms with van der Waals surface area (Å²) < 4.78 is 16.0. The van der Waals surface area contributed by atoms with Crippen molar-refractivity contribution >= 4 is 29.4 Å². The topological polar surface area (TPSA) is 61.8 Å². The number of aryl methyl sites for hydroxylation is 1. The molecule has 134 valence electrons. The van der Waals surface area contributed by atoms with Crippen LogP contribution < -0.4 is 9.47 Å². The third kappa shape index (κ3) is 3.89. The fourth-order valence-corrected chi connectivity index (χ4v) is 2.85. The van der Waals surface area contributed by atoms with E-state index in [1.165, 1.54) is 0 Å². The van der Waals surface area contributed by atoms with Gasteiger partial charge in [0.15, 0.2) is 12.4 Å². The number of benzene rings is 2. The number of carbonyl (C=O) groups is 2. The minimum absolute atomic E-state index is 0.200. The molecule has 2 aromatic carbocycles. The van der Waals surface area contributed by atoms with Gasteiger partial charge in [-0.25, -0.2) is 4.79 Å². The van der Waals surface area contributed by atoms with E-state index in [-0.39, 0.29) is 18.1 Å². The van der Waals surface area contributed by atoms with Crippen LogP contribution in [0.25, 0.3) is 6.08 Å². The second kappa shape index (κ2) is 7.62. The number of allylic oxidation sites excluding steroid dienone is 1. The van der Waals surface area contributed by atoms with Crippen LogP contribution in [0.15, 0.2) is 42.2 Å². The fraction of sp³-hybridized carbons (Fsp3) is 0.200. The van der Waals surface area contributed by atoms with Crippen LogP contribution in [-0.4, -0.2) is 25.0 Å². The van der Waals surface area contributed by atoms with E-state index in [9.17, 15) is 9.59 Å². The van der Waals surface area contributed by atoms with Gasteiger partial charge in [-0.3, -0.25) is 4.79 Å². The molecule has 0 saturated heterocycles. The van der Waals surface area contributed by atoms with Crippen LogP contribution in [0.3, 0.4) is 0 Å². The van der Waals surface area contributed by atoms with Crippen LogP contribution in [0.2, 0.25) is 5.02 Å². The Morgan fingerprint density at radius 3 is 2.81 bits per heavy atom. The zero-order valence-electron chi connectivity index (χ0n) is 14.4. The van der Waals surface area contributed by atoms with E-state index in [0.29, 0.717) is 34.3 Å². The average Bonchev–Trinajstić information content (AvgIpc) is 2.89. The molecule has 0 N–H and O–H groups in total. The molecule has 0 saturated carbocycles. The Balaban J connectivity index is 1.83. The van der Waals surface area contributed by atoms with E-state index in [0.717, 1.165) is 5.56 Å². The lowest BCUT2D eigenvalue weighted by atomic mass is 10.0. The molecular formula is C20H17ClO5. The second-order valence-electron chi connectivity index (χ2n) is 5.70. The SMILES string of the molecule is CCOC(=O)COc1cc(C)c2c(c1)O/C(=C\c1cccc(Cl)c1)C2=O. The van der Waals surface area contributed by atoms with Gasteiger partial charge in [0.05, 0.1) is 12.2 Å². The van der Waals surface area contributed by atoms with E-state index >= 15 is 0 Å². The maximum atomic E-state index is 12.6. The van der Waals surface area contributed by atoms with Crippen molar-refractivity contribution in [3.05, 3.63) is 63.9 Å². The van der Waals surface area contributed by atoms with Gasteiger partial charge < -0.3 is 14.2 Å². The van der Waals surface area contributed by atoms with Crippen LogP contribution in [0.4, 0.5) is 0 Å². The first kappa shape index (κ1) is 18.0. The van der Waals surface area contributed by atoms with E-state index < -0.39 is 5.97 Å². The number of carbonyl (C=O) groups excluding carboxylic acids is 2. The molecule has 26 heavy (non-hydrogen) atoms. The zero-order chi connectivity index (χ0) is 18.7. The third-order valence-corrected chi connectivity index (χ3v) is 3.99. The van der Waals surface area contributed by atoms with E-state index in [1.807, 2.05) is 6.07 Å². The molecule has 0 atom stereocenters. The number of Topliss-reactive ketones (excluding diaryl/α,β-unsaturated/α-hetero) is 1. The normalized spacial score (nSPS) is 14.1. The van der Waals surface area contributed by atoms with Crippen LogP contribution in [0.1, 0.15) is 28.4 Å². The first-order valence-electron chi connectivity index (χ1n) is 8.11. The Hall–Kier alpha value is -2.79. The van der Waals surface area contributed by atoms with Gasteiger partial charge >= 0.3 is 5.97 Å². The van der Waals surface area contributed by atoms with Gasteiger partial charge in [0.1, 0.15) is 11.5 Å². The molecule has 0 bridgehead atoms. The highest BCUT2D eigenvalue weighted by Crippen LogP contribution is 2.37. The molecular weight excluding hydrogens is 356 g/mol. The number of fused-ring (bicyclic) bond motifs is 1. The molecule has 0 aromatic heterocycles. The predicted molar refractivity (Wildman–Crippen MR) is 97.7 cm³/mol. The van der Waals surface area contributed by atoms with Crippen molar-refractivity contribution in [3.63, 3.8) is 0 Å². The lowest BCUT2D eigenvalue weighted by Crippen LogP contribution is -2.14. The van der Waals surface area contributed by atoms with Gasteiger partial charge in [-0.1, -0.05) is 23.7 Å². The summed E-state index contributed by atoms with van der Waals surface area (Å²) in [5.41, 5.74) is 1.97. The van der Waals surface area contributed by atoms with Gasteiger partial charge in [-0.2, -0.15) is 0 Å². The van der Waals surface area contributed by atoms with Crippen LogP contribution in [-0.2, 0) is 9.53 Å². The van der Waals surface area contributed by atoms with E-state index in [1.54, 1.807) is 50.3 Å². The van der Waals surface area contributed by atoms with Gasteiger partial charge in [-0.15, -0.1) is 0 Å². The molecule has 1 heterocycles. The van der Waals surface area contributed by atoms with Crippen molar-refractivity contribution in [2.45, 2.75) is 13.8 Å². The average molecular weight is 373 g/mol. The molecule has 0 spiro atoms. The number of ketones is 1. The van der Waals surface area contributed by atoms with Gasteiger partial charge in [-0.05, 0) is 49.2 Å². The Bertz CT molecular complexity index is 901. The van der Waals surface area contributed by atoms with Crippen molar-refractivity contribution in [1.29, 1.82) is 0 Å². The second-order valence-corrected chi connectivity index (χ2v) is 6.14. The molecule has 1 aliphatic heterocycles. The standard InChI is InChI=1S/C20H17ClO5/c1-3-24-18(22)11-25-15-7-12(2)19-16(10-15)26-17(20(19)23)9-13-5-4-6-14(21)8-13/h4-10H,3,11H2,1-2H3/b17-9-. The van der Waals surface area contributed by atoms with E-state index in [4.69, 9.17) is 25.8 Å². The molecule has 3 rings (SSSR count). The largest absolute Gasteiger partial charge is 0.482 e. The lowest BCUT2D eigenvalue weighted by Gasteiger charge is -2.08. The highest BCUT2D eigenvalue weighted by Gasteiger charge is 2.30. The Labute approximate surface area is 156 Å². The predicted octanol–water partition coefficient (Wildman–Crippen LogP) is 4.21. The lowest BCUT2D eigenvalue weighted by molar-refractivity contribution is -0.145. The molecule has 0 radical (unpaired) electrons. The summed E-state index contributed by atoms with van der Waals surface area (Å²) in [5.74, 6) is 0.403. The Kier molecular flexibility index (Phi) is 5.28. The van der Waals surface area contributed by atoms with Gasteiger partial charge in [0.25, 0.3) is 0 Å². The third-order valence-electron chi connectivity index (χ3n) is 3.75. The maximum absolute atomic E-state index is 12.6. The molecule has 0 amide bonds. The molecule has 6 heteroatoms. The van der Waals surface area contributed by atoms with Crippen molar-refractivity contribution in [1.82, 2.24) is 0 Å². The fourth-order valence-electron chi connectivity index (χ4n) is 2.65. The highest BCUT2D eigenvalue weighted by molar-refractivity contribution is 6.30.